The topological polar surface area (TPSA) is 21.6 Å². The van der Waals surface area contributed by atoms with Crippen molar-refractivity contribution in [2.45, 2.75) is 38.6 Å². The fourth-order valence-corrected chi connectivity index (χ4v) is 3.27. The zero-order chi connectivity index (χ0) is 15.1. The second kappa shape index (κ2) is 4.87. The number of benzene rings is 1. The molecule has 0 saturated heterocycles. The summed E-state index contributed by atoms with van der Waals surface area (Å²) in [5.41, 5.74) is 2.20. The van der Waals surface area contributed by atoms with E-state index in [1.54, 1.807) is 0 Å². The highest BCUT2D eigenvalue weighted by molar-refractivity contribution is 5.92. The van der Waals surface area contributed by atoms with E-state index in [0.717, 1.165) is 5.90 Å². The van der Waals surface area contributed by atoms with Crippen molar-refractivity contribution in [1.29, 1.82) is 0 Å². The molecule has 0 aromatic heterocycles. The highest BCUT2D eigenvalue weighted by Gasteiger charge is 2.46. The van der Waals surface area contributed by atoms with Gasteiger partial charge in [0.2, 0.25) is 0 Å². The van der Waals surface area contributed by atoms with Gasteiger partial charge in [-0.2, -0.15) is 0 Å². The number of fused-ring (bicyclic) bond motifs is 1. The van der Waals surface area contributed by atoms with Gasteiger partial charge in [-0.15, -0.1) is 0 Å². The molecule has 1 aliphatic carbocycles. The molecule has 1 aliphatic heterocycles. The molecule has 2 unspecified atom stereocenters. The third-order valence-electron chi connectivity index (χ3n) is 4.48. The van der Waals surface area contributed by atoms with Gasteiger partial charge < -0.3 is 4.74 Å². The Hall–Kier alpha value is -1.83. The molecule has 21 heavy (non-hydrogen) atoms. The summed E-state index contributed by atoms with van der Waals surface area (Å²) < 4.78 is 6.03. The van der Waals surface area contributed by atoms with Gasteiger partial charge in [0.1, 0.15) is 6.61 Å². The second-order valence-corrected chi connectivity index (χ2v) is 6.72. The molecule has 110 valence electrons. The highest BCUT2D eigenvalue weighted by atomic mass is 16.5. The lowest BCUT2D eigenvalue weighted by atomic mass is 9.67. The molecule has 2 atom stereocenters. The quantitative estimate of drug-likeness (QED) is 0.738. The number of rotatable bonds is 2. The smallest absolute Gasteiger partial charge is 0.195 e. The number of aliphatic imine (C=N–C) groups is 1. The van der Waals surface area contributed by atoms with E-state index in [1.165, 1.54) is 11.1 Å². The monoisotopic (exact) mass is 281 g/mol. The molecule has 2 heteroatoms. The number of ether oxygens (including phenoxy) is 1. The van der Waals surface area contributed by atoms with Crippen molar-refractivity contribution in [2.75, 3.05) is 6.61 Å². The van der Waals surface area contributed by atoms with Gasteiger partial charge in [-0.25, -0.2) is 4.99 Å². The molecule has 1 aromatic rings. The van der Waals surface area contributed by atoms with Crippen LogP contribution in [0.25, 0.3) is 6.08 Å². The van der Waals surface area contributed by atoms with Gasteiger partial charge in [-0.3, -0.25) is 0 Å². The van der Waals surface area contributed by atoms with Crippen LogP contribution in [-0.4, -0.2) is 18.0 Å². The van der Waals surface area contributed by atoms with Crippen molar-refractivity contribution in [3.05, 3.63) is 53.6 Å². The lowest BCUT2D eigenvalue weighted by molar-refractivity contribution is 0.255. The minimum atomic E-state index is -0.231. The Morgan fingerprint density at radius 3 is 2.67 bits per heavy atom. The summed E-state index contributed by atoms with van der Waals surface area (Å²) in [6, 6.07) is 8.55. The van der Waals surface area contributed by atoms with E-state index in [0.29, 0.717) is 6.61 Å². The van der Waals surface area contributed by atoms with Crippen molar-refractivity contribution >= 4 is 12.0 Å². The van der Waals surface area contributed by atoms with Crippen molar-refractivity contribution in [2.24, 2.45) is 10.9 Å². The molecular formula is C19H23NO. The normalized spacial score (nSPS) is 30.1. The van der Waals surface area contributed by atoms with E-state index in [9.17, 15) is 0 Å². The summed E-state index contributed by atoms with van der Waals surface area (Å²) >= 11 is 0. The summed E-state index contributed by atoms with van der Waals surface area (Å²) in [4.78, 5) is 4.87. The minimum absolute atomic E-state index is 0.130. The van der Waals surface area contributed by atoms with Gasteiger partial charge in [0.25, 0.3) is 0 Å². The van der Waals surface area contributed by atoms with E-state index >= 15 is 0 Å². The Morgan fingerprint density at radius 1 is 1.24 bits per heavy atom. The van der Waals surface area contributed by atoms with Crippen LogP contribution in [0.15, 0.2) is 47.5 Å². The molecule has 1 heterocycles. The van der Waals surface area contributed by atoms with Crippen molar-refractivity contribution < 1.29 is 4.74 Å². The molecule has 0 amide bonds. The molecule has 2 aliphatic rings. The lowest BCUT2D eigenvalue weighted by Crippen LogP contribution is -2.41. The fraction of sp³-hybridized carbons (Fsp3) is 0.421. The van der Waals surface area contributed by atoms with Crippen LogP contribution in [0.5, 0.6) is 0 Å². The fourth-order valence-electron chi connectivity index (χ4n) is 3.27. The average molecular weight is 281 g/mol. The second-order valence-electron chi connectivity index (χ2n) is 6.72. The van der Waals surface area contributed by atoms with E-state index in [-0.39, 0.29) is 16.9 Å². The van der Waals surface area contributed by atoms with E-state index < -0.39 is 0 Å². The number of hydrogen-bond donors (Lipinski definition) is 0. The molecule has 0 N–H and O–H groups in total. The first-order chi connectivity index (χ1) is 9.97. The zero-order valence-electron chi connectivity index (χ0n) is 13.3. The number of nitrogens with zero attached hydrogens (tertiary/aromatic N) is 1. The predicted molar refractivity (Wildman–Crippen MR) is 88.6 cm³/mol. The Bertz CT molecular complexity index is 639. The van der Waals surface area contributed by atoms with Crippen LogP contribution in [0, 0.1) is 5.92 Å². The first-order valence-corrected chi connectivity index (χ1v) is 7.61. The van der Waals surface area contributed by atoms with Crippen molar-refractivity contribution in [3.8, 4) is 0 Å². The molecule has 1 aromatic carbocycles. The summed E-state index contributed by atoms with van der Waals surface area (Å²) in [5, 5.41) is 0. The van der Waals surface area contributed by atoms with Crippen LogP contribution in [-0.2, 0) is 10.2 Å². The molecule has 3 rings (SSSR count). The SMILES string of the molecule is CC=CC1C=Cc2ccccc2C1(C)C1=NC(C)(C)CO1. The average Bonchev–Trinajstić information content (AvgIpc) is 2.83. The molecule has 0 spiro atoms. The first kappa shape index (κ1) is 14.1. The van der Waals surface area contributed by atoms with Crippen LogP contribution >= 0.6 is 0 Å². The van der Waals surface area contributed by atoms with Crippen molar-refractivity contribution in [3.63, 3.8) is 0 Å². The zero-order valence-corrected chi connectivity index (χ0v) is 13.3. The Balaban J connectivity index is 2.17. The van der Waals surface area contributed by atoms with Crippen LogP contribution < -0.4 is 0 Å². The number of allylic oxidation sites excluding steroid dienone is 3. The maximum Gasteiger partial charge on any atom is 0.195 e. The van der Waals surface area contributed by atoms with Gasteiger partial charge in [-0.1, -0.05) is 48.6 Å². The number of hydrogen-bond acceptors (Lipinski definition) is 2. The van der Waals surface area contributed by atoms with Crippen LogP contribution in [0.3, 0.4) is 0 Å². The molecular weight excluding hydrogens is 258 g/mol. The van der Waals surface area contributed by atoms with Crippen LogP contribution in [0.2, 0.25) is 0 Å². The Morgan fingerprint density at radius 2 is 2.00 bits per heavy atom. The summed E-state index contributed by atoms with van der Waals surface area (Å²) in [6.45, 7) is 9.22. The van der Waals surface area contributed by atoms with Crippen LogP contribution in [0.4, 0.5) is 0 Å². The van der Waals surface area contributed by atoms with Crippen molar-refractivity contribution in [1.82, 2.24) is 0 Å². The minimum Gasteiger partial charge on any atom is -0.478 e. The highest BCUT2D eigenvalue weighted by Crippen LogP contribution is 2.44. The third kappa shape index (κ3) is 2.23. The third-order valence-corrected chi connectivity index (χ3v) is 4.48. The van der Waals surface area contributed by atoms with Crippen LogP contribution in [0.1, 0.15) is 38.8 Å². The standard InChI is InChI=1S/C19H23NO/c1-5-8-15-12-11-14-9-6-7-10-16(14)19(15,4)17-20-18(2,3)13-21-17/h5-12,15H,13H2,1-4H3. The maximum absolute atomic E-state index is 6.03. The molecule has 0 fully saturated rings. The summed E-state index contributed by atoms with van der Waals surface area (Å²) in [5.74, 6) is 1.14. The van der Waals surface area contributed by atoms with E-state index in [1.807, 2.05) is 0 Å². The first-order valence-electron chi connectivity index (χ1n) is 7.61. The Kier molecular flexibility index (Phi) is 3.27. The lowest BCUT2D eigenvalue weighted by Gasteiger charge is -2.38. The summed E-state index contributed by atoms with van der Waals surface area (Å²) in [6.07, 6.45) is 8.83. The van der Waals surface area contributed by atoms with Gasteiger partial charge in [0.05, 0.1) is 11.0 Å². The van der Waals surface area contributed by atoms with Gasteiger partial charge in [0, 0.05) is 5.92 Å². The Labute approximate surface area is 127 Å². The maximum atomic E-state index is 6.03. The molecule has 0 saturated carbocycles. The predicted octanol–water partition coefficient (Wildman–Crippen LogP) is 4.37. The molecule has 2 nitrogen and oxygen atoms in total. The summed E-state index contributed by atoms with van der Waals surface area (Å²) in [7, 11) is 0. The van der Waals surface area contributed by atoms with Gasteiger partial charge >= 0.3 is 0 Å². The molecule has 0 bridgehead atoms. The van der Waals surface area contributed by atoms with E-state index in [4.69, 9.17) is 9.73 Å². The van der Waals surface area contributed by atoms with Gasteiger partial charge in [0.15, 0.2) is 5.90 Å². The van der Waals surface area contributed by atoms with E-state index in [2.05, 4.69) is 76.3 Å². The largest absolute Gasteiger partial charge is 0.478 e. The van der Waals surface area contributed by atoms with Gasteiger partial charge in [-0.05, 0) is 38.8 Å². The molecule has 0 radical (unpaired) electrons.